The zero-order valence-electron chi connectivity index (χ0n) is 50.7. The van der Waals surface area contributed by atoms with Gasteiger partial charge in [-0.05, 0) is 185 Å². The molecule has 6 aliphatic heterocycles. The van der Waals surface area contributed by atoms with Crippen molar-refractivity contribution in [2.24, 2.45) is 18.9 Å². The molecule has 86 heavy (non-hydrogen) atoms. The standard InChI is InChI=1S/C66H82FN13O6/c1-39(2)69-61(82)47-35-51(49(67)31-41(47)5)71-60-58-52(68-38-78(58)40(3)4)36-50(70-60)44-13-14-48-56(32-44)79(46-33-45(34-46)75-23-8-7-9-24-75)64(85)66(48)21-29-77(30-22-66)63(84)43-19-25-74(26-20-43)37-42-17-27-76(28-18-42)53-11-10-12-54-59(53)73(6)65(86)80(54)55-15-16-57(81)72-62(55)83/h10-14,31-32,35-36,38-40,42-43,45-46,55H,7-9,15-30,33-34,37H2,1-6H3,(H,69,82)(H,70,71)(H,72,81,83)/t45-,46+,55?. The average Bonchev–Trinajstić information content (AvgIpc) is 1.63. The molecule has 7 aliphatic rings. The van der Waals surface area contributed by atoms with Gasteiger partial charge in [-0.15, -0.1) is 0 Å². The van der Waals surface area contributed by atoms with Crippen LogP contribution in [0.3, 0.4) is 0 Å². The summed E-state index contributed by atoms with van der Waals surface area (Å²) < 4.78 is 21.2. The van der Waals surface area contributed by atoms with Crippen LogP contribution in [0.1, 0.15) is 145 Å². The van der Waals surface area contributed by atoms with Gasteiger partial charge < -0.3 is 39.7 Å². The summed E-state index contributed by atoms with van der Waals surface area (Å²) in [7, 11) is 1.76. The molecule has 1 unspecified atom stereocenters. The third-order valence-corrected chi connectivity index (χ3v) is 20.3. The lowest BCUT2D eigenvalue weighted by Gasteiger charge is -2.48. The van der Waals surface area contributed by atoms with E-state index >= 15 is 9.18 Å². The van der Waals surface area contributed by atoms with Gasteiger partial charge in [0.1, 0.15) is 17.4 Å². The van der Waals surface area contributed by atoms with Crippen LogP contribution in [0, 0.1) is 24.6 Å². The third-order valence-electron chi connectivity index (χ3n) is 20.3. The second-order valence-corrected chi connectivity index (χ2v) is 26.4. The van der Waals surface area contributed by atoms with Crippen molar-refractivity contribution in [1.82, 2.24) is 49.0 Å². The predicted molar refractivity (Wildman–Crippen MR) is 330 cm³/mol. The monoisotopic (exact) mass is 1170 g/mol. The molecule has 1 aliphatic carbocycles. The molecule has 6 aromatic rings. The Morgan fingerprint density at radius 3 is 2.27 bits per heavy atom. The van der Waals surface area contributed by atoms with Crippen molar-refractivity contribution in [3.63, 3.8) is 0 Å². The molecule has 5 amide bonds. The van der Waals surface area contributed by atoms with Crippen LogP contribution in [0.2, 0.25) is 0 Å². The number of amides is 5. The van der Waals surface area contributed by atoms with Crippen LogP contribution in [0.15, 0.2) is 65.7 Å². The van der Waals surface area contributed by atoms with Crippen molar-refractivity contribution >= 4 is 74.5 Å². The largest absolute Gasteiger partial charge is 0.370 e. The Morgan fingerprint density at radius 1 is 0.814 bits per heavy atom. The predicted octanol–water partition coefficient (Wildman–Crippen LogP) is 8.49. The molecule has 20 heteroatoms. The first-order valence-electron chi connectivity index (χ1n) is 31.7. The number of likely N-dealkylation sites (tertiary alicyclic amines) is 3. The normalized spacial score (nSPS) is 22.6. The van der Waals surface area contributed by atoms with Crippen LogP contribution in [-0.4, -0.2) is 145 Å². The summed E-state index contributed by atoms with van der Waals surface area (Å²) in [5.74, 6) is -0.348. The summed E-state index contributed by atoms with van der Waals surface area (Å²) >= 11 is 0. The molecule has 3 aromatic carbocycles. The highest BCUT2D eigenvalue weighted by Crippen LogP contribution is 2.53. The number of imidazole rings is 2. The van der Waals surface area contributed by atoms with Gasteiger partial charge in [0, 0.05) is 93.1 Å². The fraction of sp³-hybridized carbons (Fsp3) is 0.545. The number of hydrogen-bond donors (Lipinski definition) is 3. The number of piperidine rings is 5. The van der Waals surface area contributed by atoms with Crippen LogP contribution in [0.5, 0.6) is 0 Å². The van der Waals surface area contributed by atoms with Crippen molar-refractivity contribution < 1.29 is 28.4 Å². The fourth-order valence-electron chi connectivity index (χ4n) is 15.5. The number of pyridine rings is 1. The van der Waals surface area contributed by atoms with Crippen molar-refractivity contribution in [3.8, 4) is 11.3 Å². The highest BCUT2D eigenvalue weighted by Gasteiger charge is 2.56. The van der Waals surface area contributed by atoms with Gasteiger partial charge in [-0.1, -0.05) is 24.6 Å². The van der Waals surface area contributed by atoms with E-state index in [-0.39, 0.29) is 65.5 Å². The van der Waals surface area contributed by atoms with Crippen LogP contribution < -0.4 is 31.4 Å². The highest BCUT2D eigenvalue weighted by molar-refractivity contribution is 6.10. The number of carbonyl (C=O) groups excluding carboxylic acids is 5. The number of imide groups is 1. The number of halogens is 1. The summed E-state index contributed by atoms with van der Waals surface area (Å²) in [6.45, 7) is 17.3. The molecule has 13 rings (SSSR count). The Morgan fingerprint density at radius 2 is 1.56 bits per heavy atom. The van der Waals surface area contributed by atoms with Crippen LogP contribution in [0.25, 0.3) is 33.3 Å². The number of hydrogen-bond acceptors (Lipinski definition) is 12. The molecule has 0 radical (unpaired) electrons. The Balaban J connectivity index is 0.689. The first kappa shape index (κ1) is 57.6. The summed E-state index contributed by atoms with van der Waals surface area (Å²) in [6, 6.07) is 16.8. The van der Waals surface area contributed by atoms with Gasteiger partial charge in [-0.3, -0.25) is 38.4 Å². The Kier molecular flexibility index (Phi) is 15.4. The number of fused-ring (bicyclic) bond motifs is 4. The minimum atomic E-state index is -0.757. The van der Waals surface area contributed by atoms with E-state index in [2.05, 4.69) is 73.7 Å². The maximum Gasteiger partial charge on any atom is 0.329 e. The van der Waals surface area contributed by atoms with E-state index in [1.807, 2.05) is 41.5 Å². The minimum absolute atomic E-state index is 0.0191. The number of aromatic nitrogens is 5. The molecule has 1 saturated carbocycles. The van der Waals surface area contributed by atoms with E-state index < -0.39 is 23.2 Å². The summed E-state index contributed by atoms with van der Waals surface area (Å²) in [5, 5.41) is 8.64. The van der Waals surface area contributed by atoms with Crippen molar-refractivity contribution in [2.75, 3.05) is 74.0 Å². The zero-order valence-corrected chi connectivity index (χ0v) is 50.7. The van der Waals surface area contributed by atoms with Gasteiger partial charge in [0.25, 0.3) is 5.91 Å². The number of para-hydroxylation sites is 1. The third kappa shape index (κ3) is 10.3. The molecule has 19 nitrogen and oxygen atoms in total. The lowest BCUT2D eigenvalue weighted by atomic mass is 9.73. The molecule has 9 heterocycles. The van der Waals surface area contributed by atoms with Gasteiger partial charge in [-0.2, -0.15) is 0 Å². The van der Waals surface area contributed by atoms with E-state index in [0.29, 0.717) is 83.5 Å². The van der Waals surface area contributed by atoms with Crippen LogP contribution >= 0.6 is 0 Å². The van der Waals surface area contributed by atoms with Gasteiger partial charge in [0.2, 0.25) is 23.6 Å². The number of aryl methyl sites for hydroxylation is 2. The molecule has 454 valence electrons. The molecule has 0 bridgehead atoms. The number of nitrogens with zero attached hydrogens (tertiary/aromatic N) is 10. The second-order valence-electron chi connectivity index (χ2n) is 26.4. The molecular formula is C66H82FN13O6. The zero-order chi connectivity index (χ0) is 59.9. The lowest BCUT2D eigenvalue weighted by Crippen LogP contribution is -2.58. The first-order chi connectivity index (χ1) is 41.4. The maximum atomic E-state index is 16.0. The van der Waals surface area contributed by atoms with Crippen LogP contribution in [-0.2, 0) is 31.6 Å². The molecular weight excluding hydrogens is 1090 g/mol. The lowest BCUT2D eigenvalue weighted by molar-refractivity contribution is -0.140. The van der Waals surface area contributed by atoms with E-state index in [0.717, 1.165) is 112 Å². The molecule has 3 N–H and O–H groups in total. The van der Waals surface area contributed by atoms with E-state index in [1.165, 1.54) is 25.3 Å². The summed E-state index contributed by atoms with van der Waals surface area (Å²) in [6.07, 6.45) is 12.5. The summed E-state index contributed by atoms with van der Waals surface area (Å²) in [5.41, 5.74) is 7.22. The maximum absolute atomic E-state index is 16.0. The Bertz CT molecular complexity index is 3720. The van der Waals surface area contributed by atoms with Gasteiger partial charge in [0.05, 0.1) is 45.4 Å². The smallest absolute Gasteiger partial charge is 0.329 e. The quantitative estimate of drug-likeness (QED) is 0.0935. The number of rotatable bonds is 13. The summed E-state index contributed by atoms with van der Waals surface area (Å²) in [4.78, 5) is 103. The average molecular weight is 1170 g/mol. The van der Waals surface area contributed by atoms with Crippen molar-refractivity contribution in [1.29, 1.82) is 0 Å². The first-order valence-corrected chi connectivity index (χ1v) is 31.7. The number of benzene rings is 3. The Hall–Kier alpha value is -7.45. The van der Waals surface area contributed by atoms with E-state index in [9.17, 15) is 24.0 Å². The second kappa shape index (κ2) is 23.0. The van der Waals surface area contributed by atoms with Crippen molar-refractivity contribution in [3.05, 3.63) is 93.9 Å². The highest BCUT2D eigenvalue weighted by atomic mass is 19.1. The topological polar surface area (TPSA) is 195 Å². The van der Waals surface area contributed by atoms with Crippen LogP contribution in [0.4, 0.5) is 27.3 Å². The minimum Gasteiger partial charge on any atom is -0.370 e. The van der Waals surface area contributed by atoms with Crippen molar-refractivity contribution in [2.45, 2.75) is 154 Å². The Labute approximate surface area is 501 Å². The molecule has 1 spiro atoms. The van der Waals surface area contributed by atoms with Gasteiger partial charge in [0.15, 0.2) is 5.82 Å². The fourth-order valence-corrected chi connectivity index (χ4v) is 15.5. The number of anilines is 4. The molecule has 5 saturated heterocycles. The number of carbonyl (C=O) groups is 5. The van der Waals surface area contributed by atoms with Gasteiger partial charge in [-0.25, -0.2) is 19.2 Å². The molecule has 3 aromatic heterocycles. The van der Waals surface area contributed by atoms with E-state index in [1.54, 1.807) is 35.5 Å². The van der Waals surface area contributed by atoms with Gasteiger partial charge >= 0.3 is 5.69 Å². The molecule has 6 fully saturated rings. The SMILES string of the molecule is Cc1cc(F)c(Nc2nc(-c3ccc4c(c3)N([C@H]3C[C@@H](N5CCCCC5)C3)C(=O)C43CCN(C(=O)C4CCN(CC5CCN(c6cccc7c6n(C)c(=O)n7C6CCC(=O)NC6=O)CC5)CC4)CC3)cc3ncn(C(C)C)c23)cc1C(=O)NC(C)C. The number of nitrogens with one attached hydrogen (secondary N) is 3. The molecule has 1 atom stereocenters. The van der Waals surface area contributed by atoms with E-state index in [4.69, 9.17) is 9.97 Å².